The molecule has 0 atom stereocenters. The minimum atomic E-state index is -3.82. The molecule has 0 fully saturated rings. The van der Waals surface area contributed by atoms with Crippen molar-refractivity contribution in [3.05, 3.63) is 42.1 Å². The molecule has 7 heteroatoms. The van der Waals surface area contributed by atoms with Gasteiger partial charge in [0.25, 0.3) is 10.0 Å². The van der Waals surface area contributed by atoms with Crippen molar-refractivity contribution in [2.45, 2.75) is 11.8 Å². The summed E-state index contributed by atoms with van der Waals surface area (Å²) in [5.41, 5.74) is 3.55. The second-order valence-electron chi connectivity index (χ2n) is 3.83. The molecule has 1 heterocycles. The van der Waals surface area contributed by atoms with Crippen LogP contribution in [0.4, 0.5) is 4.79 Å². The number of sulfonamides is 1. The molecule has 2 N–H and O–H groups in total. The average molecular weight is 267 g/mol. The molecule has 2 amide bonds. The molecule has 0 saturated carbocycles. The van der Waals surface area contributed by atoms with Crippen molar-refractivity contribution in [3.63, 3.8) is 0 Å². The number of amides is 2. The molecule has 1 aromatic rings. The molecule has 1 aliphatic heterocycles. The van der Waals surface area contributed by atoms with Crippen LogP contribution in [0.2, 0.25) is 0 Å². The third-order valence-electron chi connectivity index (χ3n) is 2.41. The molecule has 6 nitrogen and oxygen atoms in total. The lowest BCUT2D eigenvalue weighted by Gasteiger charge is -2.18. The Kier molecular flexibility index (Phi) is 3.24. The van der Waals surface area contributed by atoms with Gasteiger partial charge >= 0.3 is 6.03 Å². The lowest BCUT2D eigenvalue weighted by molar-refractivity contribution is 0.199. The topological polar surface area (TPSA) is 78.5 Å². The van der Waals surface area contributed by atoms with Crippen LogP contribution in [0.25, 0.3) is 0 Å². The number of hydrogen-bond donors (Lipinski definition) is 2. The number of rotatable bonds is 2. The summed E-state index contributed by atoms with van der Waals surface area (Å²) in [4.78, 5) is 11.8. The van der Waals surface area contributed by atoms with Crippen LogP contribution in [0.3, 0.4) is 0 Å². The number of hydrogen-bond acceptors (Lipinski definition) is 4. The van der Waals surface area contributed by atoms with E-state index in [-0.39, 0.29) is 4.90 Å². The van der Waals surface area contributed by atoms with Gasteiger partial charge in [0.1, 0.15) is 0 Å². The van der Waals surface area contributed by atoms with Crippen LogP contribution in [0.15, 0.2) is 47.0 Å². The number of nitrogens with one attached hydrogen (secondary N) is 2. The molecule has 1 aliphatic rings. The highest BCUT2D eigenvalue weighted by Gasteiger charge is 2.23. The van der Waals surface area contributed by atoms with E-state index < -0.39 is 16.1 Å². The summed E-state index contributed by atoms with van der Waals surface area (Å²) in [6, 6.07) is 7.05. The van der Waals surface area contributed by atoms with Gasteiger partial charge in [0.2, 0.25) is 0 Å². The Morgan fingerprint density at radius 1 is 1.33 bits per heavy atom. The number of urea groups is 1. The van der Waals surface area contributed by atoms with E-state index in [2.05, 4.69) is 5.43 Å². The van der Waals surface area contributed by atoms with Gasteiger partial charge in [-0.05, 0) is 25.1 Å². The van der Waals surface area contributed by atoms with Crippen LogP contribution in [0.5, 0.6) is 0 Å². The number of allylic oxidation sites excluding steroid dienone is 1. The Bertz CT molecular complexity index is 581. The Labute approximate surface area is 105 Å². The number of carbonyl (C=O) groups excluding carboxylic acids is 1. The van der Waals surface area contributed by atoms with Gasteiger partial charge in [-0.1, -0.05) is 18.2 Å². The fourth-order valence-electron chi connectivity index (χ4n) is 1.49. The van der Waals surface area contributed by atoms with Crippen molar-refractivity contribution in [1.82, 2.24) is 15.2 Å². The van der Waals surface area contributed by atoms with Crippen LogP contribution in [0.1, 0.15) is 6.92 Å². The molecular weight excluding hydrogens is 254 g/mol. The summed E-state index contributed by atoms with van der Waals surface area (Å²) in [6.07, 6.45) is 1.79. The molecule has 0 unspecified atom stereocenters. The monoisotopic (exact) mass is 267 g/mol. The van der Waals surface area contributed by atoms with Crippen molar-refractivity contribution in [2.75, 3.05) is 6.54 Å². The maximum Gasteiger partial charge on any atom is 0.350 e. The highest BCUT2D eigenvalue weighted by Crippen LogP contribution is 2.08. The van der Waals surface area contributed by atoms with E-state index in [9.17, 15) is 13.2 Å². The maximum atomic E-state index is 11.9. The molecule has 0 spiro atoms. The first-order valence-electron chi connectivity index (χ1n) is 5.32. The lowest BCUT2D eigenvalue weighted by atomic mass is 10.4. The van der Waals surface area contributed by atoms with Crippen LogP contribution >= 0.6 is 0 Å². The summed E-state index contributed by atoms with van der Waals surface area (Å²) in [5.74, 6) is 0. The van der Waals surface area contributed by atoms with Gasteiger partial charge < -0.3 is 0 Å². The highest BCUT2D eigenvalue weighted by molar-refractivity contribution is 7.90. The summed E-state index contributed by atoms with van der Waals surface area (Å²) in [5, 5.41) is 1.19. The van der Waals surface area contributed by atoms with Crippen LogP contribution in [0, 0.1) is 0 Å². The van der Waals surface area contributed by atoms with Crippen LogP contribution < -0.4 is 10.1 Å². The molecular formula is C11H13N3O3S. The minimum Gasteiger partial charge on any atom is -0.299 e. The van der Waals surface area contributed by atoms with Crippen molar-refractivity contribution in [2.24, 2.45) is 0 Å². The van der Waals surface area contributed by atoms with Crippen molar-refractivity contribution in [3.8, 4) is 0 Å². The van der Waals surface area contributed by atoms with Gasteiger partial charge in [0.15, 0.2) is 0 Å². The van der Waals surface area contributed by atoms with E-state index in [1.165, 1.54) is 17.1 Å². The SMILES string of the molecule is CC1=CCN(C(=O)NS(=O)(=O)c2ccccc2)N1. The fourth-order valence-corrected chi connectivity index (χ4v) is 2.47. The van der Waals surface area contributed by atoms with E-state index in [0.717, 1.165) is 5.70 Å². The van der Waals surface area contributed by atoms with E-state index in [1.54, 1.807) is 31.2 Å². The first-order chi connectivity index (χ1) is 8.49. The van der Waals surface area contributed by atoms with Crippen LogP contribution in [-0.4, -0.2) is 26.0 Å². The van der Waals surface area contributed by atoms with Gasteiger partial charge in [-0.15, -0.1) is 0 Å². The predicted octanol–water partition coefficient (Wildman–Crippen LogP) is 0.809. The zero-order chi connectivity index (χ0) is 13.2. The molecule has 0 aromatic heterocycles. The first kappa shape index (κ1) is 12.4. The summed E-state index contributed by atoms with van der Waals surface area (Å²) >= 11 is 0. The largest absolute Gasteiger partial charge is 0.350 e. The molecule has 18 heavy (non-hydrogen) atoms. The minimum absolute atomic E-state index is 0.0576. The van der Waals surface area contributed by atoms with Gasteiger partial charge in [0.05, 0.1) is 11.4 Å². The van der Waals surface area contributed by atoms with Gasteiger partial charge in [-0.25, -0.2) is 22.9 Å². The summed E-state index contributed by atoms with van der Waals surface area (Å²) in [6.45, 7) is 2.13. The van der Waals surface area contributed by atoms with Crippen molar-refractivity contribution in [1.29, 1.82) is 0 Å². The number of carbonyl (C=O) groups is 1. The second-order valence-corrected chi connectivity index (χ2v) is 5.52. The number of hydrazine groups is 1. The third kappa shape index (κ3) is 2.62. The summed E-state index contributed by atoms with van der Waals surface area (Å²) in [7, 11) is -3.82. The Morgan fingerprint density at radius 2 is 2.00 bits per heavy atom. The maximum absolute atomic E-state index is 11.9. The Balaban J connectivity index is 2.08. The zero-order valence-electron chi connectivity index (χ0n) is 9.75. The summed E-state index contributed by atoms with van der Waals surface area (Å²) < 4.78 is 25.8. The van der Waals surface area contributed by atoms with Gasteiger partial charge in [0, 0.05) is 5.70 Å². The van der Waals surface area contributed by atoms with Gasteiger partial charge in [-0.3, -0.25) is 5.43 Å². The molecule has 0 aliphatic carbocycles. The predicted molar refractivity (Wildman–Crippen MR) is 65.8 cm³/mol. The Hall–Kier alpha value is -2.02. The van der Waals surface area contributed by atoms with Crippen LogP contribution in [-0.2, 0) is 10.0 Å². The third-order valence-corrected chi connectivity index (χ3v) is 3.75. The van der Waals surface area contributed by atoms with E-state index in [1.807, 2.05) is 4.72 Å². The molecule has 0 radical (unpaired) electrons. The molecule has 1 aromatic carbocycles. The lowest BCUT2D eigenvalue weighted by Crippen LogP contribution is -2.46. The van der Waals surface area contributed by atoms with E-state index >= 15 is 0 Å². The van der Waals surface area contributed by atoms with Crippen molar-refractivity contribution >= 4 is 16.1 Å². The van der Waals surface area contributed by atoms with E-state index in [0.29, 0.717) is 6.54 Å². The highest BCUT2D eigenvalue weighted by atomic mass is 32.2. The van der Waals surface area contributed by atoms with Gasteiger partial charge in [-0.2, -0.15) is 0 Å². The molecule has 0 bridgehead atoms. The normalized spacial score (nSPS) is 14.9. The standard InChI is InChI=1S/C11H13N3O3S/c1-9-7-8-14(12-9)11(15)13-18(16,17)10-5-3-2-4-6-10/h2-7,12H,8H2,1H3,(H,13,15). The molecule has 2 rings (SSSR count). The smallest absolute Gasteiger partial charge is 0.299 e. The Morgan fingerprint density at radius 3 is 2.56 bits per heavy atom. The average Bonchev–Trinajstić information content (AvgIpc) is 2.77. The number of benzene rings is 1. The fraction of sp³-hybridized carbons (Fsp3) is 0.182. The van der Waals surface area contributed by atoms with E-state index in [4.69, 9.17) is 0 Å². The zero-order valence-corrected chi connectivity index (χ0v) is 10.6. The number of nitrogens with zero attached hydrogens (tertiary/aromatic N) is 1. The molecule has 96 valence electrons. The van der Waals surface area contributed by atoms with Crippen molar-refractivity contribution < 1.29 is 13.2 Å². The second kappa shape index (κ2) is 4.69. The first-order valence-corrected chi connectivity index (χ1v) is 6.80. The quantitative estimate of drug-likeness (QED) is 0.831. The molecule has 0 saturated heterocycles.